The summed E-state index contributed by atoms with van der Waals surface area (Å²) in [5, 5.41) is 7.48. The van der Waals surface area contributed by atoms with Crippen molar-refractivity contribution in [1.82, 2.24) is 15.5 Å². The number of nitrogens with one attached hydrogen (secondary N) is 2. The maximum Gasteiger partial charge on any atom is 0.261 e. The van der Waals surface area contributed by atoms with Gasteiger partial charge in [0.25, 0.3) is 5.91 Å². The van der Waals surface area contributed by atoms with Gasteiger partial charge in [0.2, 0.25) is 18.6 Å². The van der Waals surface area contributed by atoms with Crippen LogP contribution in [0.4, 0.5) is 0 Å². The largest absolute Gasteiger partial charge is 0.454 e. The molecule has 5 rings (SSSR count). The van der Waals surface area contributed by atoms with Gasteiger partial charge in [0.1, 0.15) is 6.04 Å². The average molecular weight is 536 g/mol. The van der Waals surface area contributed by atoms with E-state index in [1.165, 1.54) is 16.2 Å². The second-order valence-electron chi connectivity index (χ2n) is 9.06. The molecule has 9 nitrogen and oxygen atoms in total. The lowest BCUT2D eigenvalue weighted by Gasteiger charge is -2.32. The second-order valence-corrected chi connectivity index (χ2v) is 10.0. The molecule has 3 amide bonds. The van der Waals surface area contributed by atoms with Crippen LogP contribution in [0.15, 0.2) is 66.0 Å². The number of amides is 3. The number of rotatable bonds is 10. The van der Waals surface area contributed by atoms with E-state index in [-0.39, 0.29) is 37.8 Å². The van der Waals surface area contributed by atoms with E-state index < -0.39 is 11.9 Å². The maximum atomic E-state index is 13.7. The molecule has 0 aliphatic carbocycles. The zero-order chi connectivity index (χ0) is 26.3. The maximum absolute atomic E-state index is 13.7. The third kappa shape index (κ3) is 6.15. The number of benzene rings is 2. The third-order valence-corrected chi connectivity index (χ3v) is 7.33. The van der Waals surface area contributed by atoms with Crippen molar-refractivity contribution in [1.29, 1.82) is 0 Å². The van der Waals surface area contributed by atoms with Gasteiger partial charge >= 0.3 is 0 Å². The molecule has 0 saturated carbocycles. The van der Waals surface area contributed by atoms with E-state index >= 15 is 0 Å². The quantitative estimate of drug-likeness (QED) is 0.413. The highest BCUT2D eigenvalue weighted by molar-refractivity contribution is 7.12. The monoisotopic (exact) mass is 535 g/mol. The third-order valence-electron chi connectivity index (χ3n) is 6.46. The van der Waals surface area contributed by atoms with E-state index in [0.717, 1.165) is 18.4 Å². The molecule has 1 saturated heterocycles. The number of ether oxygens (including phenoxy) is 3. The number of carbonyl (C=O) groups is 3. The first-order chi connectivity index (χ1) is 18.6. The fraction of sp³-hybridized carbons (Fsp3) is 0.321. The van der Waals surface area contributed by atoms with Crippen LogP contribution < -0.4 is 20.1 Å². The van der Waals surface area contributed by atoms with E-state index in [2.05, 4.69) is 10.6 Å². The molecule has 1 fully saturated rings. The van der Waals surface area contributed by atoms with Gasteiger partial charge in [-0.3, -0.25) is 14.4 Å². The molecule has 198 valence electrons. The second kappa shape index (κ2) is 12.1. The van der Waals surface area contributed by atoms with Gasteiger partial charge in [-0.2, -0.15) is 0 Å². The van der Waals surface area contributed by atoms with Crippen molar-refractivity contribution in [2.45, 2.75) is 31.5 Å². The van der Waals surface area contributed by atoms with Crippen LogP contribution >= 0.6 is 11.3 Å². The summed E-state index contributed by atoms with van der Waals surface area (Å²) >= 11 is 1.29. The van der Waals surface area contributed by atoms with Gasteiger partial charge in [-0.05, 0) is 47.5 Å². The van der Waals surface area contributed by atoms with Crippen LogP contribution in [0.5, 0.6) is 11.5 Å². The van der Waals surface area contributed by atoms with Crippen molar-refractivity contribution < 1.29 is 28.6 Å². The molecule has 2 aliphatic heterocycles. The molecule has 2 aromatic carbocycles. The van der Waals surface area contributed by atoms with Crippen molar-refractivity contribution in [2.75, 3.05) is 26.5 Å². The Morgan fingerprint density at radius 1 is 1.00 bits per heavy atom. The predicted molar refractivity (Wildman–Crippen MR) is 141 cm³/mol. The first-order valence-corrected chi connectivity index (χ1v) is 13.4. The highest BCUT2D eigenvalue weighted by Gasteiger charge is 2.32. The van der Waals surface area contributed by atoms with E-state index in [1.54, 1.807) is 29.6 Å². The number of hydrogen-bond acceptors (Lipinski definition) is 7. The zero-order valence-corrected chi connectivity index (χ0v) is 21.6. The molecule has 2 aliphatic rings. The van der Waals surface area contributed by atoms with Gasteiger partial charge in [0.05, 0.1) is 17.5 Å². The van der Waals surface area contributed by atoms with Gasteiger partial charge in [-0.1, -0.05) is 42.5 Å². The van der Waals surface area contributed by atoms with Crippen LogP contribution in [-0.4, -0.2) is 55.2 Å². The first kappa shape index (κ1) is 25.7. The molecule has 2 N–H and O–H groups in total. The van der Waals surface area contributed by atoms with Gasteiger partial charge in [0.15, 0.2) is 11.5 Å². The Bertz CT molecular complexity index is 1260. The van der Waals surface area contributed by atoms with E-state index in [0.29, 0.717) is 35.1 Å². The van der Waals surface area contributed by atoms with Crippen LogP contribution in [0.1, 0.15) is 39.7 Å². The number of hydrogen-bond donors (Lipinski definition) is 2. The standard InChI is InChI=1S/C28H29N3O6S/c32-25(16-30-27(33)24-9-5-13-38-24)31(17-19-10-11-22-23(14-19)37-18-36-22)26(20-6-2-1-3-7-20)28(34)29-15-21-8-4-12-35-21/h1-3,5-7,9-11,13-14,21,26H,4,8,12,15-18H2,(H,29,34)(H,30,33)/t21-,26-/m1/s1. The molecule has 0 unspecified atom stereocenters. The summed E-state index contributed by atoms with van der Waals surface area (Å²) in [6, 6.07) is 17.1. The Kier molecular flexibility index (Phi) is 8.20. The Balaban J connectivity index is 1.41. The van der Waals surface area contributed by atoms with Gasteiger partial charge in [-0.15, -0.1) is 11.3 Å². The molecule has 0 radical (unpaired) electrons. The summed E-state index contributed by atoms with van der Waals surface area (Å²) in [7, 11) is 0. The van der Waals surface area contributed by atoms with Crippen LogP contribution in [0.2, 0.25) is 0 Å². The summed E-state index contributed by atoms with van der Waals surface area (Å²) in [6.45, 7) is 1.04. The lowest BCUT2D eigenvalue weighted by atomic mass is 10.0. The number of nitrogens with zero attached hydrogens (tertiary/aromatic N) is 1. The Morgan fingerprint density at radius 2 is 1.84 bits per heavy atom. The Morgan fingerprint density at radius 3 is 2.61 bits per heavy atom. The Hall–Kier alpha value is -3.89. The predicted octanol–water partition coefficient (Wildman–Crippen LogP) is 3.27. The van der Waals surface area contributed by atoms with Gasteiger partial charge in [0, 0.05) is 19.7 Å². The molecule has 0 bridgehead atoms. The fourth-order valence-corrected chi connectivity index (χ4v) is 5.18. The van der Waals surface area contributed by atoms with Crippen LogP contribution in [0.25, 0.3) is 0 Å². The molecule has 38 heavy (non-hydrogen) atoms. The zero-order valence-electron chi connectivity index (χ0n) is 20.8. The van der Waals surface area contributed by atoms with E-state index in [1.807, 2.05) is 36.4 Å². The van der Waals surface area contributed by atoms with Crippen molar-refractivity contribution in [3.63, 3.8) is 0 Å². The molecule has 3 heterocycles. The minimum Gasteiger partial charge on any atom is -0.454 e. The number of thiophene rings is 1. The molecule has 0 spiro atoms. The summed E-state index contributed by atoms with van der Waals surface area (Å²) in [5.74, 6) is 0.165. The van der Waals surface area contributed by atoms with Crippen molar-refractivity contribution in [2.24, 2.45) is 0 Å². The van der Waals surface area contributed by atoms with Crippen LogP contribution in [-0.2, 0) is 20.9 Å². The molecule has 10 heteroatoms. The molecular formula is C28H29N3O6S. The highest BCUT2D eigenvalue weighted by atomic mass is 32.1. The minimum absolute atomic E-state index is 0.0431. The average Bonchev–Trinajstić information content (AvgIpc) is 3.73. The van der Waals surface area contributed by atoms with Gasteiger partial charge in [-0.25, -0.2) is 0 Å². The van der Waals surface area contributed by atoms with Crippen LogP contribution in [0.3, 0.4) is 0 Å². The minimum atomic E-state index is -0.922. The summed E-state index contributed by atoms with van der Waals surface area (Å²) in [6.07, 6.45) is 1.80. The SMILES string of the molecule is O=C(NCC(=O)N(Cc1ccc2c(c1)OCO2)[C@@H](C(=O)NC[C@H]1CCCO1)c1ccccc1)c1cccs1. The number of fused-ring (bicyclic) bond motifs is 1. The molecular weight excluding hydrogens is 506 g/mol. The number of carbonyl (C=O) groups excluding carboxylic acids is 3. The highest BCUT2D eigenvalue weighted by Crippen LogP contribution is 2.34. The van der Waals surface area contributed by atoms with Crippen LogP contribution in [0, 0.1) is 0 Å². The van der Waals surface area contributed by atoms with Crippen molar-refractivity contribution in [3.05, 3.63) is 82.0 Å². The lowest BCUT2D eigenvalue weighted by Crippen LogP contribution is -2.47. The fourth-order valence-electron chi connectivity index (χ4n) is 4.54. The molecule has 2 atom stereocenters. The molecule has 1 aromatic heterocycles. The lowest BCUT2D eigenvalue weighted by molar-refractivity contribution is -0.141. The van der Waals surface area contributed by atoms with E-state index in [9.17, 15) is 14.4 Å². The van der Waals surface area contributed by atoms with Crippen molar-refractivity contribution >= 4 is 29.1 Å². The van der Waals surface area contributed by atoms with E-state index in [4.69, 9.17) is 14.2 Å². The topological polar surface area (TPSA) is 106 Å². The summed E-state index contributed by atoms with van der Waals surface area (Å²) in [4.78, 5) is 41.9. The first-order valence-electron chi connectivity index (χ1n) is 12.5. The smallest absolute Gasteiger partial charge is 0.261 e. The Labute approximate surface area is 224 Å². The normalized spacial score (nSPS) is 16.6. The van der Waals surface area contributed by atoms with Crippen molar-refractivity contribution in [3.8, 4) is 11.5 Å². The summed E-state index contributed by atoms with van der Waals surface area (Å²) in [5.41, 5.74) is 1.43. The van der Waals surface area contributed by atoms with Gasteiger partial charge < -0.3 is 29.7 Å². The summed E-state index contributed by atoms with van der Waals surface area (Å²) < 4.78 is 16.6. The molecule has 3 aromatic rings.